The molecule has 0 unspecified atom stereocenters. The van der Waals surface area contributed by atoms with Gasteiger partial charge in [-0.15, -0.1) is 0 Å². The largest absolute Gasteiger partial charge is 0.370 e. The Balaban J connectivity index is 2.44. The van der Waals surface area contributed by atoms with E-state index in [9.17, 15) is 4.39 Å². The van der Waals surface area contributed by atoms with Crippen molar-refractivity contribution < 1.29 is 4.39 Å². The fourth-order valence-corrected chi connectivity index (χ4v) is 2.04. The number of hydrogen-bond acceptors (Lipinski definition) is 3. The maximum Gasteiger partial charge on any atom is 0.132 e. The van der Waals surface area contributed by atoms with Gasteiger partial charge in [-0.3, -0.25) is 0 Å². The molecule has 0 aliphatic rings. The number of rotatable bonds is 4. The lowest BCUT2D eigenvalue weighted by atomic mass is 10.0. The molecule has 0 fully saturated rings. The molecule has 1 aromatic carbocycles. The molecule has 0 bridgehead atoms. The van der Waals surface area contributed by atoms with Gasteiger partial charge in [-0.05, 0) is 44.0 Å². The minimum absolute atomic E-state index is 0.225. The van der Waals surface area contributed by atoms with Crippen molar-refractivity contribution in [1.29, 1.82) is 0 Å². The summed E-state index contributed by atoms with van der Waals surface area (Å²) in [4.78, 5) is 8.59. The maximum absolute atomic E-state index is 13.2. The van der Waals surface area contributed by atoms with Gasteiger partial charge in [0, 0.05) is 17.7 Å². The second kappa shape index (κ2) is 5.78. The van der Waals surface area contributed by atoms with E-state index in [0.717, 1.165) is 41.2 Å². The molecule has 0 saturated carbocycles. The third-order valence-electron chi connectivity index (χ3n) is 3.07. The van der Waals surface area contributed by atoms with Gasteiger partial charge >= 0.3 is 0 Å². The Morgan fingerprint density at radius 3 is 2.68 bits per heavy atom. The van der Waals surface area contributed by atoms with Crippen LogP contribution in [-0.4, -0.2) is 16.5 Å². The molecule has 1 aromatic heterocycles. The number of nitrogens with zero attached hydrogens (tertiary/aromatic N) is 2. The molecule has 0 amide bonds. The van der Waals surface area contributed by atoms with Gasteiger partial charge in [-0.25, -0.2) is 14.4 Å². The Bertz CT molecular complexity index is 582. The topological polar surface area (TPSA) is 37.8 Å². The van der Waals surface area contributed by atoms with E-state index in [2.05, 4.69) is 22.2 Å². The molecule has 0 atom stereocenters. The zero-order chi connectivity index (χ0) is 13.8. The Morgan fingerprint density at radius 2 is 2.00 bits per heavy atom. The van der Waals surface area contributed by atoms with E-state index in [1.807, 2.05) is 13.8 Å². The van der Waals surface area contributed by atoms with Crippen LogP contribution in [0.4, 0.5) is 10.2 Å². The van der Waals surface area contributed by atoms with Crippen LogP contribution in [0.1, 0.15) is 24.5 Å². The van der Waals surface area contributed by atoms with Gasteiger partial charge in [-0.1, -0.05) is 6.92 Å². The zero-order valence-corrected chi connectivity index (χ0v) is 11.5. The lowest BCUT2D eigenvalue weighted by Crippen LogP contribution is -2.05. The molecule has 2 rings (SSSR count). The molecule has 19 heavy (non-hydrogen) atoms. The third-order valence-corrected chi connectivity index (χ3v) is 3.07. The lowest BCUT2D eigenvalue weighted by molar-refractivity contribution is 0.627. The molecule has 100 valence electrons. The van der Waals surface area contributed by atoms with Crippen LogP contribution >= 0.6 is 0 Å². The minimum atomic E-state index is -0.225. The Labute approximate surface area is 112 Å². The van der Waals surface area contributed by atoms with Gasteiger partial charge in [0.2, 0.25) is 0 Å². The summed E-state index contributed by atoms with van der Waals surface area (Å²) in [5.74, 6) is 0.618. The number of benzene rings is 1. The average Bonchev–Trinajstić information content (AvgIpc) is 2.38. The van der Waals surface area contributed by atoms with Crippen LogP contribution in [0.15, 0.2) is 24.5 Å². The second-order valence-corrected chi connectivity index (χ2v) is 4.58. The summed E-state index contributed by atoms with van der Waals surface area (Å²) in [6.45, 7) is 6.85. The van der Waals surface area contributed by atoms with Crippen LogP contribution in [0.25, 0.3) is 11.3 Å². The lowest BCUT2D eigenvalue weighted by Gasteiger charge is -2.12. The summed E-state index contributed by atoms with van der Waals surface area (Å²) < 4.78 is 13.2. The van der Waals surface area contributed by atoms with Crippen LogP contribution < -0.4 is 5.32 Å². The molecule has 0 spiro atoms. The van der Waals surface area contributed by atoms with Crippen LogP contribution in [0.2, 0.25) is 0 Å². The van der Waals surface area contributed by atoms with Crippen LogP contribution in [0, 0.1) is 19.7 Å². The van der Waals surface area contributed by atoms with Crippen molar-refractivity contribution in [2.75, 3.05) is 11.9 Å². The second-order valence-electron chi connectivity index (χ2n) is 4.58. The van der Waals surface area contributed by atoms with Gasteiger partial charge in [0.25, 0.3) is 0 Å². The number of nitrogens with one attached hydrogen (secondary N) is 1. The SMILES string of the molecule is CCCNc1ncnc(-c2ccc(F)cc2C)c1C. The van der Waals surface area contributed by atoms with Gasteiger partial charge in [0.05, 0.1) is 5.69 Å². The van der Waals surface area contributed by atoms with Crippen molar-refractivity contribution in [2.24, 2.45) is 0 Å². The summed E-state index contributed by atoms with van der Waals surface area (Å²) in [6, 6.07) is 4.75. The number of hydrogen-bond donors (Lipinski definition) is 1. The van der Waals surface area contributed by atoms with E-state index >= 15 is 0 Å². The zero-order valence-electron chi connectivity index (χ0n) is 11.5. The van der Waals surface area contributed by atoms with E-state index in [0.29, 0.717) is 0 Å². The van der Waals surface area contributed by atoms with Gasteiger partial charge < -0.3 is 5.32 Å². The highest BCUT2D eigenvalue weighted by Gasteiger charge is 2.11. The minimum Gasteiger partial charge on any atom is -0.370 e. The number of aryl methyl sites for hydroxylation is 1. The van der Waals surface area contributed by atoms with Crippen molar-refractivity contribution in [2.45, 2.75) is 27.2 Å². The Morgan fingerprint density at radius 1 is 1.21 bits per heavy atom. The van der Waals surface area contributed by atoms with Crippen LogP contribution in [-0.2, 0) is 0 Å². The standard InChI is InChI=1S/C15H18FN3/c1-4-7-17-15-11(3)14(18-9-19-15)13-6-5-12(16)8-10(13)2/h5-6,8-9H,4,7H2,1-3H3,(H,17,18,19). The molecule has 0 saturated heterocycles. The quantitative estimate of drug-likeness (QED) is 0.909. The molecule has 0 radical (unpaired) electrons. The normalized spacial score (nSPS) is 10.5. The summed E-state index contributed by atoms with van der Waals surface area (Å²) in [5, 5.41) is 3.28. The maximum atomic E-state index is 13.2. The van der Waals surface area contributed by atoms with Gasteiger partial charge in [0.15, 0.2) is 0 Å². The van der Waals surface area contributed by atoms with E-state index in [4.69, 9.17) is 0 Å². The number of anilines is 1. The van der Waals surface area contributed by atoms with Crippen molar-refractivity contribution in [3.63, 3.8) is 0 Å². The van der Waals surface area contributed by atoms with Gasteiger partial charge in [-0.2, -0.15) is 0 Å². The third kappa shape index (κ3) is 2.89. The monoisotopic (exact) mass is 259 g/mol. The van der Waals surface area contributed by atoms with Gasteiger partial charge in [0.1, 0.15) is 18.0 Å². The summed E-state index contributed by atoms with van der Waals surface area (Å²) >= 11 is 0. The first-order valence-corrected chi connectivity index (χ1v) is 6.45. The highest BCUT2D eigenvalue weighted by atomic mass is 19.1. The van der Waals surface area contributed by atoms with E-state index in [1.54, 1.807) is 12.4 Å². The summed E-state index contributed by atoms with van der Waals surface area (Å²) in [6.07, 6.45) is 2.58. The molecule has 2 aromatic rings. The molecule has 1 N–H and O–H groups in total. The fourth-order valence-electron chi connectivity index (χ4n) is 2.04. The molecule has 4 heteroatoms. The van der Waals surface area contributed by atoms with Crippen LogP contribution in [0.3, 0.4) is 0 Å². The predicted molar refractivity (Wildman–Crippen MR) is 75.7 cm³/mol. The summed E-state index contributed by atoms with van der Waals surface area (Å²) in [7, 11) is 0. The first-order chi connectivity index (χ1) is 9.13. The van der Waals surface area contributed by atoms with E-state index in [1.165, 1.54) is 12.1 Å². The molecular formula is C15H18FN3. The Hall–Kier alpha value is -1.97. The molecule has 1 heterocycles. The molecule has 0 aliphatic carbocycles. The molecular weight excluding hydrogens is 241 g/mol. The predicted octanol–water partition coefficient (Wildman–Crippen LogP) is 3.72. The molecule has 3 nitrogen and oxygen atoms in total. The average molecular weight is 259 g/mol. The number of halogens is 1. The first-order valence-electron chi connectivity index (χ1n) is 6.45. The van der Waals surface area contributed by atoms with E-state index in [-0.39, 0.29) is 5.82 Å². The fraction of sp³-hybridized carbons (Fsp3) is 0.333. The van der Waals surface area contributed by atoms with Crippen LogP contribution in [0.5, 0.6) is 0 Å². The van der Waals surface area contributed by atoms with E-state index < -0.39 is 0 Å². The van der Waals surface area contributed by atoms with Crippen molar-refractivity contribution in [1.82, 2.24) is 9.97 Å². The highest BCUT2D eigenvalue weighted by molar-refractivity contribution is 5.70. The number of aromatic nitrogens is 2. The van der Waals surface area contributed by atoms with Crippen molar-refractivity contribution >= 4 is 5.82 Å². The smallest absolute Gasteiger partial charge is 0.132 e. The van der Waals surface area contributed by atoms with Crippen molar-refractivity contribution in [3.05, 3.63) is 41.5 Å². The highest BCUT2D eigenvalue weighted by Crippen LogP contribution is 2.27. The first kappa shape index (κ1) is 13.5. The Kier molecular flexibility index (Phi) is 4.10. The van der Waals surface area contributed by atoms with Crippen molar-refractivity contribution in [3.8, 4) is 11.3 Å². The molecule has 0 aliphatic heterocycles. The summed E-state index contributed by atoms with van der Waals surface area (Å²) in [5.41, 5.74) is 3.67.